The minimum absolute atomic E-state index is 0.167. The van der Waals surface area contributed by atoms with Crippen molar-refractivity contribution in [1.29, 1.82) is 0 Å². The van der Waals surface area contributed by atoms with Crippen LogP contribution in [0.2, 0.25) is 0 Å². The van der Waals surface area contributed by atoms with Gasteiger partial charge in [-0.3, -0.25) is 0 Å². The molecular formula is C11H16N2O4S. The van der Waals surface area contributed by atoms with Crippen molar-refractivity contribution in [1.82, 2.24) is 10.6 Å². The Bertz CT molecular complexity index is 417. The Morgan fingerprint density at radius 1 is 1.56 bits per heavy atom. The number of aliphatic hydroxyl groups is 1. The smallest absolute Gasteiger partial charge is 0.337 e. The molecule has 18 heavy (non-hydrogen) atoms. The van der Waals surface area contributed by atoms with Crippen LogP contribution in [0.15, 0.2) is 17.5 Å². The number of aliphatic carboxylic acids is 1. The lowest BCUT2D eigenvalue weighted by atomic mass is 10.1. The van der Waals surface area contributed by atoms with Gasteiger partial charge in [-0.15, -0.1) is 11.3 Å². The molecule has 100 valence electrons. The number of carbonyl (C=O) groups is 2. The van der Waals surface area contributed by atoms with Crippen LogP contribution in [0, 0.1) is 0 Å². The topological polar surface area (TPSA) is 98.7 Å². The van der Waals surface area contributed by atoms with Crippen LogP contribution in [0.1, 0.15) is 24.8 Å². The maximum Gasteiger partial charge on any atom is 0.337 e. The summed E-state index contributed by atoms with van der Waals surface area (Å²) in [5.74, 6) is -1.38. The summed E-state index contributed by atoms with van der Waals surface area (Å²) >= 11 is 1.52. The van der Waals surface area contributed by atoms with E-state index >= 15 is 0 Å². The van der Waals surface area contributed by atoms with Crippen molar-refractivity contribution in [2.24, 2.45) is 0 Å². The van der Waals surface area contributed by atoms with Crippen LogP contribution in [0.25, 0.3) is 0 Å². The van der Waals surface area contributed by atoms with Crippen LogP contribution in [-0.2, 0) is 4.79 Å². The van der Waals surface area contributed by atoms with Gasteiger partial charge in [0.2, 0.25) is 0 Å². The van der Waals surface area contributed by atoms with Gasteiger partial charge in [-0.25, -0.2) is 9.59 Å². The number of amides is 2. The molecule has 0 saturated carbocycles. The van der Waals surface area contributed by atoms with Gasteiger partial charge in [0, 0.05) is 4.88 Å². The zero-order chi connectivity index (χ0) is 13.8. The fourth-order valence-electron chi connectivity index (χ4n) is 1.18. The van der Waals surface area contributed by atoms with Crippen LogP contribution in [0.4, 0.5) is 4.79 Å². The highest BCUT2D eigenvalue weighted by atomic mass is 32.1. The molecule has 2 atom stereocenters. The summed E-state index contributed by atoms with van der Waals surface area (Å²) in [4.78, 5) is 23.1. The number of rotatable bonds is 5. The first kappa shape index (κ1) is 14.5. The van der Waals surface area contributed by atoms with Crippen LogP contribution in [-0.4, -0.2) is 34.4 Å². The average Bonchev–Trinajstić information content (AvgIpc) is 2.79. The van der Waals surface area contributed by atoms with Crippen LogP contribution in [0.3, 0.4) is 0 Å². The number of urea groups is 1. The average molecular weight is 272 g/mol. The maximum atomic E-state index is 11.5. The minimum Gasteiger partial charge on any atom is -0.479 e. The third-order valence-corrected chi connectivity index (χ3v) is 3.43. The number of hydrogen-bond donors (Lipinski definition) is 4. The van der Waals surface area contributed by atoms with E-state index in [0.717, 1.165) is 11.8 Å². The van der Waals surface area contributed by atoms with Gasteiger partial charge in [0.15, 0.2) is 5.60 Å². The second-order valence-electron chi connectivity index (χ2n) is 4.14. The van der Waals surface area contributed by atoms with Crippen molar-refractivity contribution in [2.75, 3.05) is 6.54 Å². The van der Waals surface area contributed by atoms with E-state index in [-0.39, 0.29) is 12.6 Å². The van der Waals surface area contributed by atoms with E-state index in [9.17, 15) is 14.7 Å². The molecule has 0 aliphatic rings. The third kappa shape index (κ3) is 4.01. The predicted octanol–water partition coefficient (Wildman–Crippen LogP) is 0.944. The number of carboxylic acid groups (broad SMARTS) is 1. The van der Waals surface area contributed by atoms with E-state index in [1.54, 1.807) is 0 Å². The van der Waals surface area contributed by atoms with Crippen molar-refractivity contribution in [3.8, 4) is 0 Å². The normalized spacial score (nSPS) is 15.5. The molecule has 6 nitrogen and oxygen atoms in total. The quantitative estimate of drug-likeness (QED) is 0.641. The van der Waals surface area contributed by atoms with E-state index < -0.39 is 17.6 Å². The summed E-state index contributed by atoms with van der Waals surface area (Å²) < 4.78 is 0. The lowest BCUT2D eigenvalue weighted by Gasteiger charge is -2.19. The van der Waals surface area contributed by atoms with Gasteiger partial charge in [0.1, 0.15) is 0 Å². The molecular weight excluding hydrogens is 256 g/mol. The Balaban J connectivity index is 2.41. The molecule has 0 aliphatic carbocycles. The van der Waals surface area contributed by atoms with Crippen LogP contribution < -0.4 is 10.6 Å². The van der Waals surface area contributed by atoms with Crippen molar-refractivity contribution >= 4 is 23.3 Å². The number of carbonyl (C=O) groups excluding carboxylic acids is 1. The van der Waals surface area contributed by atoms with Gasteiger partial charge in [0.05, 0.1) is 12.6 Å². The van der Waals surface area contributed by atoms with Gasteiger partial charge in [0.25, 0.3) is 0 Å². The standard InChI is InChI=1S/C11H16N2O4S/c1-7(8-4-3-5-18-8)13-10(16)12-6-11(2,17)9(14)15/h3-5,7,17H,6H2,1-2H3,(H,14,15)(H2,12,13,16). The van der Waals surface area contributed by atoms with Crippen molar-refractivity contribution < 1.29 is 19.8 Å². The highest BCUT2D eigenvalue weighted by molar-refractivity contribution is 7.10. The summed E-state index contributed by atoms with van der Waals surface area (Å²) in [5, 5.41) is 25.0. The predicted molar refractivity (Wildman–Crippen MR) is 67.5 cm³/mol. The van der Waals surface area contributed by atoms with E-state index in [0.29, 0.717) is 0 Å². The molecule has 7 heteroatoms. The lowest BCUT2D eigenvalue weighted by molar-refractivity contribution is -0.155. The first-order chi connectivity index (χ1) is 8.33. The molecule has 0 aliphatic heterocycles. The molecule has 1 heterocycles. The number of carboxylic acids is 1. The van der Waals surface area contributed by atoms with E-state index in [1.807, 2.05) is 24.4 Å². The summed E-state index contributed by atoms with van der Waals surface area (Å²) in [6.07, 6.45) is 0. The second kappa shape index (κ2) is 5.83. The first-order valence-corrected chi connectivity index (χ1v) is 6.24. The molecule has 0 aromatic carbocycles. The Labute approximate surface area is 109 Å². The Kier molecular flexibility index (Phi) is 4.69. The van der Waals surface area contributed by atoms with Crippen molar-refractivity contribution in [3.63, 3.8) is 0 Å². The van der Waals surface area contributed by atoms with Crippen molar-refractivity contribution in [3.05, 3.63) is 22.4 Å². The monoisotopic (exact) mass is 272 g/mol. The molecule has 0 radical (unpaired) electrons. The summed E-state index contributed by atoms with van der Waals surface area (Å²) in [6.45, 7) is 2.59. The Morgan fingerprint density at radius 2 is 2.22 bits per heavy atom. The molecule has 0 bridgehead atoms. The number of thiophene rings is 1. The highest BCUT2D eigenvalue weighted by Crippen LogP contribution is 2.17. The molecule has 2 unspecified atom stereocenters. The van der Waals surface area contributed by atoms with Crippen LogP contribution in [0.5, 0.6) is 0 Å². The molecule has 2 amide bonds. The van der Waals surface area contributed by atoms with E-state index in [1.165, 1.54) is 11.3 Å². The first-order valence-electron chi connectivity index (χ1n) is 5.36. The molecule has 0 fully saturated rings. The van der Waals surface area contributed by atoms with E-state index in [2.05, 4.69) is 10.6 Å². The van der Waals surface area contributed by atoms with Gasteiger partial charge in [-0.05, 0) is 25.3 Å². The summed E-state index contributed by atoms with van der Waals surface area (Å²) in [7, 11) is 0. The second-order valence-corrected chi connectivity index (χ2v) is 5.12. The fraction of sp³-hybridized carbons (Fsp3) is 0.455. The van der Waals surface area contributed by atoms with Gasteiger partial charge >= 0.3 is 12.0 Å². The largest absolute Gasteiger partial charge is 0.479 e. The Hall–Kier alpha value is -1.60. The minimum atomic E-state index is -1.97. The zero-order valence-electron chi connectivity index (χ0n) is 10.1. The number of nitrogens with one attached hydrogen (secondary N) is 2. The van der Waals surface area contributed by atoms with Gasteiger partial charge < -0.3 is 20.8 Å². The SMILES string of the molecule is CC(NC(=O)NCC(C)(O)C(=O)O)c1cccs1. The summed E-state index contributed by atoms with van der Waals surface area (Å²) in [5.41, 5.74) is -1.97. The molecule has 1 aromatic rings. The van der Waals surface area contributed by atoms with Gasteiger partial charge in [-0.1, -0.05) is 6.07 Å². The van der Waals surface area contributed by atoms with Crippen LogP contribution >= 0.6 is 11.3 Å². The Morgan fingerprint density at radius 3 is 2.72 bits per heavy atom. The number of hydrogen-bond acceptors (Lipinski definition) is 4. The molecule has 0 spiro atoms. The highest BCUT2D eigenvalue weighted by Gasteiger charge is 2.30. The molecule has 4 N–H and O–H groups in total. The molecule has 0 saturated heterocycles. The van der Waals surface area contributed by atoms with Gasteiger partial charge in [-0.2, -0.15) is 0 Å². The summed E-state index contributed by atoms with van der Waals surface area (Å²) in [6, 6.07) is 3.09. The lowest BCUT2D eigenvalue weighted by Crippen LogP contribution is -2.49. The third-order valence-electron chi connectivity index (χ3n) is 2.37. The van der Waals surface area contributed by atoms with Crippen molar-refractivity contribution in [2.45, 2.75) is 25.5 Å². The van der Waals surface area contributed by atoms with E-state index in [4.69, 9.17) is 5.11 Å². The maximum absolute atomic E-state index is 11.5. The molecule has 1 aromatic heterocycles. The molecule has 1 rings (SSSR count). The fourth-order valence-corrected chi connectivity index (χ4v) is 1.92. The zero-order valence-corrected chi connectivity index (χ0v) is 11.0.